The standard InChI is InChI=1S/C15H22N2O2/c1-2-19-14(11-7-8-11)15-16-12(9-13(18)17-15)10-5-3-4-6-10/h9-11,14H,2-8H2,1H3,(H,16,17,18). The molecule has 0 radical (unpaired) electrons. The van der Waals surface area contributed by atoms with Crippen LogP contribution in [0.3, 0.4) is 0 Å². The van der Waals surface area contributed by atoms with Gasteiger partial charge >= 0.3 is 0 Å². The summed E-state index contributed by atoms with van der Waals surface area (Å²) in [4.78, 5) is 19.5. The minimum atomic E-state index is -0.0303. The molecule has 0 bridgehead atoms. The first kappa shape index (κ1) is 12.9. The molecule has 1 atom stereocenters. The lowest BCUT2D eigenvalue weighted by Gasteiger charge is -2.17. The van der Waals surface area contributed by atoms with Crippen LogP contribution in [0.4, 0.5) is 0 Å². The van der Waals surface area contributed by atoms with Crippen LogP contribution in [-0.2, 0) is 4.74 Å². The maximum atomic E-state index is 11.9. The molecule has 1 heterocycles. The van der Waals surface area contributed by atoms with Gasteiger partial charge in [-0.2, -0.15) is 0 Å². The first-order valence-electron chi connectivity index (χ1n) is 7.50. The van der Waals surface area contributed by atoms with Crippen LogP contribution in [0.25, 0.3) is 0 Å². The van der Waals surface area contributed by atoms with E-state index in [-0.39, 0.29) is 11.7 Å². The fraction of sp³-hybridized carbons (Fsp3) is 0.733. The Labute approximate surface area is 113 Å². The van der Waals surface area contributed by atoms with E-state index in [1.54, 1.807) is 6.07 Å². The SMILES string of the molecule is CCOC(c1nc(C2CCCC2)cc(=O)[nH]1)C1CC1. The van der Waals surface area contributed by atoms with E-state index in [1.807, 2.05) is 6.92 Å². The van der Waals surface area contributed by atoms with Gasteiger partial charge in [-0.1, -0.05) is 12.8 Å². The molecule has 0 amide bonds. The molecule has 1 N–H and O–H groups in total. The monoisotopic (exact) mass is 262 g/mol. The number of nitrogens with one attached hydrogen (secondary N) is 1. The summed E-state index contributed by atoms with van der Waals surface area (Å²) < 4.78 is 5.79. The van der Waals surface area contributed by atoms with Gasteiger partial charge in [0, 0.05) is 18.6 Å². The minimum Gasteiger partial charge on any atom is -0.370 e. The molecule has 2 fully saturated rings. The van der Waals surface area contributed by atoms with Crippen LogP contribution in [0, 0.1) is 5.92 Å². The fourth-order valence-electron chi connectivity index (χ4n) is 3.08. The maximum absolute atomic E-state index is 11.9. The Kier molecular flexibility index (Phi) is 3.69. The second-order valence-electron chi connectivity index (χ2n) is 5.75. The summed E-state index contributed by atoms with van der Waals surface area (Å²) in [6, 6.07) is 1.68. The van der Waals surface area contributed by atoms with Crippen LogP contribution < -0.4 is 5.56 Å². The van der Waals surface area contributed by atoms with Gasteiger partial charge in [0.25, 0.3) is 5.56 Å². The summed E-state index contributed by atoms with van der Waals surface area (Å²) in [5, 5.41) is 0. The van der Waals surface area contributed by atoms with E-state index in [0.717, 1.165) is 11.5 Å². The Morgan fingerprint density at radius 1 is 1.37 bits per heavy atom. The van der Waals surface area contributed by atoms with E-state index in [4.69, 9.17) is 9.72 Å². The molecule has 3 rings (SSSR count). The van der Waals surface area contributed by atoms with E-state index < -0.39 is 0 Å². The summed E-state index contributed by atoms with van der Waals surface area (Å²) in [5.74, 6) is 1.77. The van der Waals surface area contributed by atoms with Crippen molar-refractivity contribution >= 4 is 0 Å². The molecule has 0 spiro atoms. The highest BCUT2D eigenvalue weighted by Crippen LogP contribution is 2.42. The van der Waals surface area contributed by atoms with Crippen molar-refractivity contribution in [2.24, 2.45) is 5.92 Å². The van der Waals surface area contributed by atoms with Crippen molar-refractivity contribution in [3.05, 3.63) is 27.9 Å². The Morgan fingerprint density at radius 3 is 2.74 bits per heavy atom. The van der Waals surface area contributed by atoms with Crippen LogP contribution in [0.5, 0.6) is 0 Å². The first-order chi connectivity index (χ1) is 9.28. The maximum Gasteiger partial charge on any atom is 0.251 e. The number of hydrogen-bond acceptors (Lipinski definition) is 3. The molecular weight excluding hydrogens is 240 g/mol. The Balaban J connectivity index is 1.89. The van der Waals surface area contributed by atoms with Crippen LogP contribution >= 0.6 is 0 Å². The molecule has 1 aromatic rings. The molecule has 4 nitrogen and oxygen atoms in total. The van der Waals surface area contributed by atoms with E-state index in [1.165, 1.54) is 38.5 Å². The van der Waals surface area contributed by atoms with Gasteiger partial charge < -0.3 is 9.72 Å². The van der Waals surface area contributed by atoms with Crippen LogP contribution in [0.2, 0.25) is 0 Å². The number of H-pyrrole nitrogens is 1. The molecule has 2 aliphatic carbocycles. The predicted octanol–water partition coefficient (Wildman–Crippen LogP) is 2.92. The molecule has 1 aromatic heterocycles. The minimum absolute atomic E-state index is 0.0148. The highest BCUT2D eigenvalue weighted by Gasteiger charge is 2.35. The van der Waals surface area contributed by atoms with E-state index >= 15 is 0 Å². The van der Waals surface area contributed by atoms with Crippen LogP contribution in [-0.4, -0.2) is 16.6 Å². The van der Waals surface area contributed by atoms with Gasteiger partial charge in [0.15, 0.2) is 0 Å². The highest BCUT2D eigenvalue weighted by atomic mass is 16.5. The number of ether oxygens (including phenoxy) is 1. The van der Waals surface area contributed by atoms with Crippen molar-refractivity contribution in [1.29, 1.82) is 0 Å². The van der Waals surface area contributed by atoms with E-state index in [0.29, 0.717) is 18.4 Å². The normalized spacial score (nSPS) is 21.7. The van der Waals surface area contributed by atoms with Gasteiger partial charge in [-0.15, -0.1) is 0 Å². The smallest absolute Gasteiger partial charge is 0.251 e. The third kappa shape index (κ3) is 2.89. The van der Waals surface area contributed by atoms with Gasteiger partial charge in [0.05, 0.1) is 5.69 Å². The van der Waals surface area contributed by atoms with Gasteiger partial charge in [-0.3, -0.25) is 4.79 Å². The average molecular weight is 262 g/mol. The van der Waals surface area contributed by atoms with Crippen molar-refractivity contribution in [1.82, 2.24) is 9.97 Å². The molecule has 4 heteroatoms. The van der Waals surface area contributed by atoms with Crippen LogP contribution in [0.15, 0.2) is 10.9 Å². The predicted molar refractivity (Wildman–Crippen MR) is 73.2 cm³/mol. The Bertz CT molecular complexity index is 487. The topological polar surface area (TPSA) is 55.0 Å². The average Bonchev–Trinajstić information content (AvgIpc) is 3.08. The zero-order valence-corrected chi connectivity index (χ0v) is 11.5. The lowest BCUT2D eigenvalue weighted by atomic mass is 10.0. The number of aromatic amines is 1. The highest BCUT2D eigenvalue weighted by molar-refractivity contribution is 5.12. The van der Waals surface area contributed by atoms with Gasteiger partial charge in [0.2, 0.25) is 0 Å². The van der Waals surface area contributed by atoms with Gasteiger partial charge in [-0.05, 0) is 38.5 Å². The lowest BCUT2D eigenvalue weighted by Crippen LogP contribution is -2.19. The largest absolute Gasteiger partial charge is 0.370 e. The molecule has 0 aromatic carbocycles. The molecule has 19 heavy (non-hydrogen) atoms. The summed E-state index contributed by atoms with van der Waals surface area (Å²) in [7, 11) is 0. The first-order valence-corrected chi connectivity index (χ1v) is 7.50. The number of hydrogen-bond donors (Lipinski definition) is 1. The van der Waals surface area contributed by atoms with Crippen molar-refractivity contribution in [3.8, 4) is 0 Å². The quantitative estimate of drug-likeness (QED) is 0.887. The summed E-state index contributed by atoms with van der Waals surface area (Å²) >= 11 is 0. The summed E-state index contributed by atoms with van der Waals surface area (Å²) in [6.07, 6.45) is 7.19. The van der Waals surface area contributed by atoms with Crippen molar-refractivity contribution < 1.29 is 4.74 Å². The second-order valence-corrected chi connectivity index (χ2v) is 5.75. The summed E-state index contributed by atoms with van der Waals surface area (Å²) in [5.41, 5.74) is 0.943. The molecule has 0 saturated heterocycles. The molecule has 0 aliphatic heterocycles. The third-order valence-electron chi connectivity index (χ3n) is 4.22. The molecule has 2 saturated carbocycles. The van der Waals surface area contributed by atoms with Gasteiger partial charge in [-0.25, -0.2) is 4.98 Å². The second kappa shape index (κ2) is 5.45. The van der Waals surface area contributed by atoms with Crippen molar-refractivity contribution in [3.63, 3.8) is 0 Å². The molecular formula is C15H22N2O2. The molecule has 104 valence electrons. The van der Waals surface area contributed by atoms with Crippen LogP contribution in [0.1, 0.15) is 69.0 Å². The van der Waals surface area contributed by atoms with E-state index in [2.05, 4.69) is 4.98 Å². The third-order valence-corrected chi connectivity index (χ3v) is 4.22. The lowest BCUT2D eigenvalue weighted by molar-refractivity contribution is 0.0396. The zero-order valence-electron chi connectivity index (χ0n) is 11.5. The Hall–Kier alpha value is -1.16. The number of nitrogens with zero attached hydrogens (tertiary/aromatic N) is 1. The van der Waals surface area contributed by atoms with E-state index in [9.17, 15) is 4.79 Å². The molecule has 1 unspecified atom stereocenters. The number of aromatic nitrogens is 2. The zero-order chi connectivity index (χ0) is 13.2. The van der Waals surface area contributed by atoms with Gasteiger partial charge in [0.1, 0.15) is 11.9 Å². The fourth-order valence-corrected chi connectivity index (χ4v) is 3.08. The number of rotatable bonds is 5. The Morgan fingerprint density at radius 2 is 2.11 bits per heavy atom. The molecule has 2 aliphatic rings. The van der Waals surface area contributed by atoms with Crippen molar-refractivity contribution in [2.45, 2.75) is 57.5 Å². The van der Waals surface area contributed by atoms with Crippen molar-refractivity contribution in [2.75, 3.05) is 6.61 Å². The summed E-state index contributed by atoms with van der Waals surface area (Å²) in [6.45, 7) is 2.66.